The smallest absolute Gasteiger partial charge is 0.0693 e. The Bertz CT molecular complexity index is 404. The van der Waals surface area contributed by atoms with Crippen molar-refractivity contribution in [3.8, 4) is 0 Å². The maximum Gasteiger partial charge on any atom is 0.0693 e. The number of methoxy groups -OCH3 is 1. The Morgan fingerprint density at radius 2 is 2.06 bits per heavy atom. The molecule has 100 valence electrons. The summed E-state index contributed by atoms with van der Waals surface area (Å²) in [7, 11) is 1.82. The molecule has 1 atom stereocenters. The fourth-order valence-electron chi connectivity index (χ4n) is 2.80. The molecule has 1 aromatic rings. The van der Waals surface area contributed by atoms with E-state index in [0.29, 0.717) is 0 Å². The van der Waals surface area contributed by atoms with Crippen LogP contribution >= 0.6 is 11.6 Å². The number of hydrogen-bond donors (Lipinski definition) is 0. The number of aryl methyl sites for hydroxylation is 2. The lowest BCUT2D eigenvalue weighted by molar-refractivity contribution is -0.0777. The lowest BCUT2D eigenvalue weighted by atomic mass is 9.76. The minimum Gasteiger partial charge on any atom is -0.378 e. The van der Waals surface area contributed by atoms with Gasteiger partial charge in [-0.2, -0.15) is 0 Å². The molecule has 1 saturated carbocycles. The van der Waals surface area contributed by atoms with E-state index in [9.17, 15) is 0 Å². The first-order chi connectivity index (χ1) is 8.54. The van der Waals surface area contributed by atoms with Crippen molar-refractivity contribution in [2.24, 2.45) is 0 Å². The van der Waals surface area contributed by atoms with Gasteiger partial charge in [0.15, 0.2) is 0 Å². The molecule has 0 heterocycles. The molecular formula is C16H23ClO. The van der Waals surface area contributed by atoms with Gasteiger partial charge in [0.2, 0.25) is 0 Å². The summed E-state index contributed by atoms with van der Waals surface area (Å²) < 4.78 is 5.65. The SMILES string of the molecule is COC1(CC(Cl)Cc2cc(C)ccc2C)CCC1. The minimum absolute atomic E-state index is 0.0736. The number of benzene rings is 1. The van der Waals surface area contributed by atoms with Crippen LogP contribution in [0.3, 0.4) is 0 Å². The Morgan fingerprint density at radius 1 is 1.33 bits per heavy atom. The number of alkyl halides is 1. The summed E-state index contributed by atoms with van der Waals surface area (Å²) in [6, 6.07) is 6.60. The maximum absolute atomic E-state index is 6.54. The van der Waals surface area contributed by atoms with Crippen molar-refractivity contribution in [3.05, 3.63) is 34.9 Å². The van der Waals surface area contributed by atoms with Crippen molar-refractivity contribution in [2.45, 2.75) is 56.9 Å². The molecule has 0 spiro atoms. The fourth-order valence-corrected chi connectivity index (χ4v) is 3.24. The molecule has 1 fully saturated rings. The van der Waals surface area contributed by atoms with E-state index >= 15 is 0 Å². The van der Waals surface area contributed by atoms with Gasteiger partial charge < -0.3 is 4.74 Å². The van der Waals surface area contributed by atoms with Crippen LogP contribution in [0.15, 0.2) is 18.2 Å². The van der Waals surface area contributed by atoms with Gasteiger partial charge in [0.25, 0.3) is 0 Å². The second-order valence-corrected chi connectivity index (χ2v) is 6.29. The van der Waals surface area contributed by atoms with Crippen molar-refractivity contribution in [1.82, 2.24) is 0 Å². The van der Waals surface area contributed by atoms with Crippen LogP contribution < -0.4 is 0 Å². The molecule has 1 unspecified atom stereocenters. The highest BCUT2D eigenvalue weighted by atomic mass is 35.5. The van der Waals surface area contributed by atoms with Crippen LogP contribution in [0.2, 0.25) is 0 Å². The number of rotatable bonds is 5. The zero-order valence-electron chi connectivity index (χ0n) is 11.6. The number of hydrogen-bond acceptors (Lipinski definition) is 1. The average Bonchev–Trinajstić information content (AvgIpc) is 2.28. The third-order valence-corrected chi connectivity index (χ3v) is 4.55. The van der Waals surface area contributed by atoms with Gasteiger partial charge in [-0.25, -0.2) is 0 Å². The van der Waals surface area contributed by atoms with E-state index in [-0.39, 0.29) is 11.0 Å². The standard InChI is InChI=1S/C16H23ClO/c1-12-5-6-13(2)14(9-12)10-15(17)11-16(18-3)7-4-8-16/h5-6,9,15H,4,7-8,10-11H2,1-3H3. The van der Waals surface area contributed by atoms with Crippen LogP contribution in [0.1, 0.15) is 42.4 Å². The van der Waals surface area contributed by atoms with Crippen LogP contribution in [0.5, 0.6) is 0 Å². The molecule has 2 rings (SSSR count). The molecule has 1 aliphatic rings. The molecule has 1 nitrogen and oxygen atoms in total. The molecule has 1 aromatic carbocycles. The minimum atomic E-state index is 0.0736. The van der Waals surface area contributed by atoms with E-state index in [1.54, 1.807) is 0 Å². The summed E-state index contributed by atoms with van der Waals surface area (Å²) in [5, 5.41) is 0.172. The third-order valence-electron chi connectivity index (χ3n) is 4.24. The predicted molar refractivity (Wildman–Crippen MR) is 77.5 cm³/mol. The summed E-state index contributed by atoms with van der Waals surface area (Å²) in [6.07, 6.45) is 5.53. The van der Waals surface area contributed by atoms with E-state index < -0.39 is 0 Å². The summed E-state index contributed by atoms with van der Waals surface area (Å²) >= 11 is 6.54. The van der Waals surface area contributed by atoms with E-state index in [1.807, 2.05) is 7.11 Å². The van der Waals surface area contributed by atoms with Crippen molar-refractivity contribution in [2.75, 3.05) is 7.11 Å². The molecule has 18 heavy (non-hydrogen) atoms. The summed E-state index contributed by atoms with van der Waals surface area (Å²) in [4.78, 5) is 0. The summed E-state index contributed by atoms with van der Waals surface area (Å²) in [5.41, 5.74) is 4.10. The fraction of sp³-hybridized carbons (Fsp3) is 0.625. The number of ether oxygens (including phenoxy) is 1. The lowest BCUT2D eigenvalue weighted by Crippen LogP contribution is -2.41. The molecular weight excluding hydrogens is 244 g/mol. The molecule has 0 radical (unpaired) electrons. The maximum atomic E-state index is 6.54. The Labute approximate surface area is 115 Å². The molecule has 0 aromatic heterocycles. The van der Waals surface area contributed by atoms with Gasteiger partial charge >= 0.3 is 0 Å². The van der Waals surface area contributed by atoms with Crippen molar-refractivity contribution in [3.63, 3.8) is 0 Å². The Kier molecular flexibility index (Phi) is 4.34. The molecule has 2 heteroatoms. The highest BCUT2D eigenvalue weighted by Gasteiger charge is 2.38. The van der Waals surface area contributed by atoms with Crippen molar-refractivity contribution in [1.29, 1.82) is 0 Å². The molecule has 0 aliphatic heterocycles. The van der Waals surface area contributed by atoms with Crippen molar-refractivity contribution < 1.29 is 4.74 Å². The summed E-state index contributed by atoms with van der Waals surface area (Å²) in [6.45, 7) is 4.29. The van der Waals surface area contributed by atoms with E-state index in [0.717, 1.165) is 12.8 Å². The molecule has 0 amide bonds. The van der Waals surface area contributed by atoms with E-state index in [4.69, 9.17) is 16.3 Å². The van der Waals surface area contributed by atoms with Gasteiger partial charge in [0.1, 0.15) is 0 Å². The van der Waals surface area contributed by atoms with Gasteiger partial charge in [-0.1, -0.05) is 23.8 Å². The lowest BCUT2D eigenvalue weighted by Gasteiger charge is -2.41. The van der Waals surface area contributed by atoms with Gasteiger partial charge in [-0.3, -0.25) is 0 Å². The summed E-state index contributed by atoms with van der Waals surface area (Å²) in [5.74, 6) is 0. The first-order valence-electron chi connectivity index (χ1n) is 6.80. The zero-order valence-corrected chi connectivity index (χ0v) is 12.4. The van der Waals surface area contributed by atoms with Crippen LogP contribution in [0.4, 0.5) is 0 Å². The second kappa shape index (κ2) is 5.63. The zero-order chi connectivity index (χ0) is 13.2. The van der Waals surface area contributed by atoms with E-state index in [2.05, 4.69) is 32.0 Å². The van der Waals surface area contributed by atoms with Gasteiger partial charge in [-0.05, 0) is 57.1 Å². The van der Waals surface area contributed by atoms with Gasteiger partial charge in [0, 0.05) is 12.5 Å². The average molecular weight is 267 g/mol. The van der Waals surface area contributed by atoms with Crippen LogP contribution in [0.25, 0.3) is 0 Å². The normalized spacial score (nSPS) is 19.3. The number of halogens is 1. The highest BCUT2D eigenvalue weighted by molar-refractivity contribution is 6.20. The van der Waals surface area contributed by atoms with Crippen LogP contribution in [-0.4, -0.2) is 18.1 Å². The predicted octanol–water partition coefficient (Wildman–Crippen LogP) is 4.41. The van der Waals surface area contributed by atoms with Crippen molar-refractivity contribution >= 4 is 11.6 Å². The molecule has 1 aliphatic carbocycles. The Hall–Kier alpha value is -0.530. The highest BCUT2D eigenvalue weighted by Crippen LogP contribution is 2.40. The Balaban J connectivity index is 1.98. The van der Waals surface area contributed by atoms with Gasteiger partial charge in [0.05, 0.1) is 5.60 Å². The largest absolute Gasteiger partial charge is 0.378 e. The first-order valence-corrected chi connectivity index (χ1v) is 7.24. The quantitative estimate of drug-likeness (QED) is 0.717. The second-order valence-electron chi connectivity index (χ2n) is 5.68. The first kappa shape index (κ1) is 13.9. The van der Waals surface area contributed by atoms with Crippen LogP contribution in [-0.2, 0) is 11.2 Å². The van der Waals surface area contributed by atoms with Gasteiger partial charge in [-0.15, -0.1) is 11.6 Å². The molecule has 0 bridgehead atoms. The molecule has 0 N–H and O–H groups in total. The topological polar surface area (TPSA) is 9.23 Å². The monoisotopic (exact) mass is 266 g/mol. The Morgan fingerprint density at radius 3 is 2.61 bits per heavy atom. The van der Waals surface area contributed by atoms with E-state index in [1.165, 1.54) is 36.0 Å². The molecule has 0 saturated heterocycles. The third kappa shape index (κ3) is 3.07. The van der Waals surface area contributed by atoms with Crippen LogP contribution in [0, 0.1) is 13.8 Å².